The summed E-state index contributed by atoms with van der Waals surface area (Å²) in [5, 5.41) is 3.01. The summed E-state index contributed by atoms with van der Waals surface area (Å²) in [6, 6.07) is 14.0. The van der Waals surface area contributed by atoms with Crippen molar-refractivity contribution in [2.24, 2.45) is 0 Å². The van der Waals surface area contributed by atoms with E-state index in [0.717, 1.165) is 48.7 Å². The standard InChI is InChI=1S/C23H32N4O2/c1-18-7-5-6-8-22(18)29-16-15-26(4)23(28)24-21-10-9-20(17-19(21)2)27-13-11-25(3)12-14-27/h5-10,17H,11-16H2,1-4H3,(H,24,28). The van der Waals surface area contributed by atoms with Gasteiger partial charge in [-0.3, -0.25) is 0 Å². The number of piperazine rings is 1. The molecular weight excluding hydrogens is 364 g/mol. The van der Waals surface area contributed by atoms with Crippen molar-refractivity contribution in [2.45, 2.75) is 13.8 Å². The molecule has 0 spiro atoms. The third-order valence-corrected chi connectivity index (χ3v) is 5.44. The summed E-state index contributed by atoms with van der Waals surface area (Å²) in [4.78, 5) is 18.9. The molecule has 1 heterocycles. The van der Waals surface area contributed by atoms with Crippen molar-refractivity contribution in [1.29, 1.82) is 0 Å². The molecule has 1 fully saturated rings. The van der Waals surface area contributed by atoms with Gasteiger partial charge in [0.15, 0.2) is 0 Å². The monoisotopic (exact) mass is 396 g/mol. The summed E-state index contributed by atoms with van der Waals surface area (Å²) in [6.07, 6.45) is 0. The Hall–Kier alpha value is -2.73. The van der Waals surface area contributed by atoms with E-state index in [9.17, 15) is 4.79 Å². The van der Waals surface area contributed by atoms with Gasteiger partial charge in [-0.1, -0.05) is 18.2 Å². The second-order valence-electron chi connectivity index (χ2n) is 7.76. The fraction of sp³-hybridized carbons (Fsp3) is 0.435. The fourth-order valence-electron chi connectivity index (χ4n) is 3.37. The number of urea groups is 1. The third-order valence-electron chi connectivity index (χ3n) is 5.44. The highest BCUT2D eigenvalue weighted by atomic mass is 16.5. The van der Waals surface area contributed by atoms with Crippen LogP contribution in [-0.4, -0.2) is 69.3 Å². The summed E-state index contributed by atoms with van der Waals surface area (Å²) in [6.45, 7) is 9.24. The molecule has 6 nitrogen and oxygen atoms in total. The van der Waals surface area contributed by atoms with Gasteiger partial charge in [-0.05, 0) is 56.3 Å². The van der Waals surface area contributed by atoms with Gasteiger partial charge in [-0.2, -0.15) is 0 Å². The van der Waals surface area contributed by atoms with Crippen LogP contribution in [0.3, 0.4) is 0 Å². The van der Waals surface area contributed by atoms with Crippen molar-refractivity contribution in [3.63, 3.8) is 0 Å². The Morgan fingerprint density at radius 3 is 2.48 bits per heavy atom. The van der Waals surface area contributed by atoms with Crippen LogP contribution in [0.5, 0.6) is 5.75 Å². The molecule has 1 saturated heterocycles. The summed E-state index contributed by atoms with van der Waals surface area (Å²) in [5.41, 5.74) is 4.23. The number of likely N-dealkylation sites (N-methyl/N-ethyl adjacent to an activating group) is 2. The molecule has 0 saturated carbocycles. The molecule has 3 rings (SSSR count). The van der Waals surface area contributed by atoms with Crippen LogP contribution < -0.4 is 15.0 Å². The number of hydrogen-bond acceptors (Lipinski definition) is 4. The molecule has 1 aliphatic heterocycles. The molecule has 0 atom stereocenters. The Kier molecular flexibility index (Phi) is 6.99. The Balaban J connectivity index is 1.51. The van der Waals surface area contributed by atoms with Crippen LogP contribution in [0.4, 0.5) is 16.2 Å². The number of para-hydroxylation sites is 1. The predicted octanol–water partition coefficient (Wildman–Crippen LogP) is 3.60. The van der Waals surface area contributed by atoms with E-state index in [1.54, 1.807) is 11.9 Å². The van der Waals surface area contributed by atoms with E-state index >= 15 is 0 Å². The highest BCUT2D eigenvalue weighted by Crippen LogP contribution is 2.24. The molecule has 0 radical (unpaired) electrons. The molecule has 0 aliphatic carbocycles. The van der Waals surface area contributed by atoms with Crippen LogP contribution in [-0.2, 0) is 0 Å². The first-order valence-electron chi connectivity index (χ1n) is 10.2. The molecule has 2 aromatic rings. The zero-order valence-electron chi connectivity index (χ0n) is 17.9. The minimum absolute atomic E-state index is 0.131. The maximum atomic E-state index is 12.5. The van der Waals surface area contributed by atoms with E-state index < -0.39 is 0 Å². The lowest BCUT2D eigenvalue weighted by molar-refractivity contribution is 0.207. The number of carbonyl (C=O) groups is 1. The molecule has 1 N–H and O–H groups in total. The molecule has 6 heteroatoms. The van der Waals surface area contributed by atoms with Gasteiger partial charge in [0.25, 0.3) is 0 Å². The van der Waals surface area contributed by atoms with Gasteiger partial charge in [0.2, 0.25) is 0 Å². The minimum Gasteiger partial charge on any atom is -0.491 e. The van der Waals surface area contributed by atoms with Gasteiger partial charge < -0.3 is 24.8 Å². The molecule has 2 aromatic carbocycles. The second kappa shape index (κ2) is 9.65. The number of carbonyl (C=O) groups excluding carboxylic acids is 1. The van der Waals surface area contributed by atoms with E-state index in [1.807, 2.05) is 44.2 Å². The predicted molar refractivity (Wildman–Crippen MR) is 119 cm³/mol. The second-order valence-corrected chi connectivity index (χ2v) is 7.76. The number of anilines is 2. The van der Waals surface area contributed by atoms with Gasteiger partial charge in [0.05, 0.1) is 6.54 Å². The molecule has 0 unspecified atom stereocenters. The largest absolute Gasteiger partial charge is 0.491 e. The molecular formula is C23H32N4O2. The molecule has 0 bridgehead atoms. The van der Waals surface area contributed by atoms with Gasteiger partial charge in [-0.15, -0.1) is 0 Å². The van der Waals surface area contributed by atoms with Crippen LogP contribution >= 0.6 is 0 Å². The van der Waals surface area contributed by atoms with Crippen LogP contribution in [0.2, 0.25) is 0 Å². The Bertz CT molecular complexity index is 831. The topological polar surface area (TPSA) is 48.0 Å². The maximum absolute atomic E-state index is 12.5. The average Bonchev–Trinajstić information content (AvgIpc) is 2.71. The smallest absolute Gasteiger partial charge is 0.321 e. The summed E-state index contributed by atoms with van der Waals surface area (Å²) >= 11 is 0. The highest BCUT2D eigenvalue weighted by molar-refractivity contribution is 5.90. The van der Waals surface area contributed by atoms with E-state index in [1.165, 1.54) is 5.69 Å². The van der Waals surface area contributed by atoms with E-state index in [2.05, 4.69) is 34.3 Å². The van der Waals surface area contributed by atoms with E-state index in [0.29, 0.717) is 13.2 Å². The highest BCUT2D eigenvalue weighted by Gasteiger charge is 2.16. The Labute approximate surface area is 174 Å². The average molecular weight is 397 g/mol. The lowest BCUT2D eigenvalue weighted by atomic mass is 10.1. The quantitative estimate of drug-likeness (QED) is 0.811. The number of benzene rings is 2. The molecule has 156 valence electrons. The number of hydrogen-bond donors (Lipinski definition) is 1. The molecule has 1 aliphatic rings. The van der Waals surface area contributed by atoms with Crippen molar-refractivity contribution in [3.05, 3.63) is 53.6 Å². The van der Waals surface area contributed by atoms with E-state index in [-0.39, 0.29) is 6.03 Å². The van der Waals surface area contributed by atoms with Crippen LogP contribution in [0.15, 0.2) is 42.5 Å². The summed E-state index contributed by atoms with van der Waals surface area (Å²) < 4.78 is 5.79. The molecule has 2 amide bonds. The first-order chi connectivity index (χ1) is 13.9. The van der Waals surface area contributed by atoms with Crippen molar-refractivity contribution in [1.82, 2.24) is 9.80 Å². The SMILES string of the molecule is Cc1cc(N2CCN(C)CC2)ccc1NC(=O)N(C)CCOc1ccccc1C. The first-order valence-corrected chi connectivity index (χ1v) is 10.2. The number of nitrogens with one attached hydrogen (secondary N) is 1. The van der Waals surface area contributed by atoms with Gasteiger partial charge >= 0.3 is 6.03 Å². The molecule has 29 heavy (non-hydrogen) atoms. The number of amides is 2. The zero-order chi connectivity index (χ0) is 20.8. The minimum atomic E-state index is -0.131. The Morgan fingerprint density at radius 1 is 1.07 bits per heavy atom. The van der Waals surface area contributed by atoms with Crippen LogP contribution in [0.1, 0.15) is 11.1 Å². The van der Waals surface area contributed by atoms with Crippen LogP contribution in [0.25, 0.3) is 0 Å². The van der Waals surface area contributed by atoms with Gasteiger partial charge in [-0.25, -0.2) is 4.79 Å². The maximum Gasteiger partial charge on any atom is 0.321 e. The number of aryl methyl sites for hydroxylation is 2. The molecule has 0 aromatic heterocycles. The first kappa shape index (κ1) is 21.0. The number of nitrogens with zero attached hydrogens (tertiary/aromatic N) is 3. The van der Waals surface area contributed by atoms with Gasteiger partial charge in [0, 0.05) is 44.6 Å². The van der Waals surface area contributed by atoms with Crippen molar-refractivity contribution in [2.75, 3.05) is 63.6 Å². The van der Waals surface area contributed by atoms with Crippen LogP contribution in [0, 0.1) is 13.8 Å². The van der Waals surface area contributed by atoms with Crippen molar-refractivity contribution in [3.8, 4) is 5.75 Å². The number of rotatable bonds is 6. The van der Waals surface area contributed by atoms with E-state index in [4.69, 9.17) is 4.74 Å². The summed E-state index contributed by atoms with van der Waals surface area (Å²) in [7, 11) is 3.94. The normalized spacial score (nSPS) is 14.6. The third kappa shape index (κ3) is 5.64. The van der Waals surface area contributed by atoms with Crippen molar-refractivity contribution < 1.29 is 9.53 Å². The zero-order valence-corrected chi connectivity index (χ0v) is 17.9. The Morgan fingerprint density at radius 2 is 1.79 bits per heavy atom. The lowest BCUT2D eigenvalue weighted by Gasteiger charge is -2.34. The summed E-state index contributed by atoms with van der Waals surface area (Å²) in [5.74, 6) is 0.858. The number of ether oxygens (including phenoxy) is 1. The van der Waals surface area contributed by atoms with Gasteiger partial charge in [0.1, 0.15) is 12.4 Å². The lowest BCUT2D eigenvalue weighted by Crippen LogP contribution is -2.44. The fourth-order valence-corrected chi connectivity index (χ4v) is 3.37. The van der Waals surface area contributed by atoms with Crippen molar-refractivity contribution >= 4 is 17.4 Å².